The molecule has 1 aliphatic carbocycles. The fraction of sp³-hybridized carbons (Fsp3) is 0.0588. The fourth-order valence-electron chi connectivity index (χ4n) is 2.75. The first-order valence-electron chi connectivity index (χ1n) is 6.41. The van der Waals surface area contributed by atoms with Gasteiger partial charge in [0.25, 0.3) is 0 Å². The summed E-state index contributed by atoms with van der Waals surface area (Å²) >= 11 is 0. The Bertz CT molecular complexity index is 868. The lowest BCUT2D eigenvalue weighted by atomic mass is 10.1. The van der Waals surface area contributed by atoms with Gasteiger partial charge in [0.15, 0.2) is 5.78 Å². The van der Waals surface area contributed by atoms with Crippen molar-refractivity contribution >= 4 is 16.7 Å². The van der Waals surface area contributed by atoms with Crippen LogP contribution in [0.1, 0.15) is 15.9 Å². The van der Waals surface area contributed by atoms with Crippen LogP contribution in [0.3, 0.4) is 0 Å². The van der Waals surface area contributed by atoms with E-state index in [2.05, 4.69) is 4.98 Å². The van der Waals surface area contributed by atoms with Crippen LogP contribution < -0.4 is 4.74 Å². The van der Waals surface area contributed by atoms with Gasteiger partial charge in [-0.15, -0.1) is 0 Å². The van der Waals surface area contributed by atoms with Crippen molar-refractivity contribution < 1.29 is 9.53 Å². The molecule has 96 valence electrons. The Balaban J connectivity index is 2.11. The molecule has 0 radical (unpaired) electrons. The van der Waals surface area contributed by atoms with Crippen molar-refractivity contribution in [1.82, 2.24) is 4.98 Å². The number of ether oxygens (including phenoxy) is 1. The molecular weight excluding hydrogens is 250 g/mol. The zero-order chi connectivity index (χ0) is 13.7. The third-order valence-corrected chi connectivity index (χ3v) is 3.70. The van der Waals surface area contributed by atoms with Crippen LogP contribution in [0.25, 0.3) is 22.2 Å². The molecule has 1 heterocycles. The highest BCUT2D eigenvalue weighted by atomic mass is 16.5. The number of carbonyl (C=O) groups excluding carboxylic acids is 1. The number of carbonyl (C=O) groups is 1. The minimum atomic E-state index is 0.0489. The molecule has 3 aromatic rings. The van der Waals surface area contributed by atoms with Crippen LogP contribution in [0.2, 0.25) is 0 Å². The number of ketones is 1. The van der Waals surface area contributed by atoms with Crippen LogP contribution >= 0.6 is 0 Å². The van der Waals surface area contributed by atoms with Gasteiger partial charge >= 0.3 is 0 Å². The summed E-state index contributed by atoms with van der Waals surface area (Å²) in [6.07, 6.45) is 0. The molecular formula is C17H11NO2. The van der Waals surface area contributed by atoms with E-state index in [0.29, 0.717) is 5.56 Å². The van der Waals surface area contributed by atoms with Crippen molar-refractivity contribution in [3.63, 3.8) is 0 Å². The molecule has 1 aromatic heterocycles. The van der Waals surface area contributed by atoms with E-state index in [1.54, 1.807) is 7.11 Å². The van der Waals surface area contributed by atoms with Crippen molar-refractivity contribution in [2.24, 2.45) is 0 Å². The molecule has 3 nitrogen and oxygen atoms in total. The lowest BCUT2D eigenvalue weighted by molar-refractivity contribution is 0.104. The summed E-state index contributed by atoms with van der Waals surface area (Å²) in [7, 11) is 1.63. The maximum atomic E-state index is 12.4. The molecule has 0 unspecified atom stereocenters. The summed E-state index contributed by atoms with van der Waals surface area (Å²) in [4.78, 5) is 17.1. The normalized spacial score (nSPS) is 12.3. The average molecular weight is 261 g/mol. The van der Waals surface area contributed by atoms with Gasteiger partial charge in [-0.25, -0.2) is 4.98 Å². The molecule has 2 aromatic carbocycles. The number of aromatic nitrogens is 1. The predicted octanol–water partition coefficient (Wildman–Crippen LogP) is 3.45. The molecule has 0 atom stereocenters. The lowest BCUT2D eigenvalue weighted by Gasteiger charge is -2.06. The molecule has 20 heavy (non-hydrogen) atoms. The number of rotatable bonds is 1. The van der Waals surface area contributed by atoms with Gasteiger partial charge in [-0.1, -0.05) is 36.4 Å². The van der Waals surface area contributed by atoms with Gasteiger partial charge in [-0.05, 0) is 12.1 Å². The van der Waals surface area contributed by atoms with Crippen molar-refractivity contribution in [1.29, 1.82) is 0 Å². The summed E-state index contributed by atoms with van der Waals surface area (Å²) < 4.78 is 5.35. The summed E-state index contributed by atoms with van der Waals surface area (Å²) in [5, 5.41) is 0.921. The first-order valence-corrected chi connectivity index (χ1v) is 6.41. The van der Waals surface area contributed by atoms with E-state index in [1.807, 2.05) is 48.5 Å². The predicted molar refractivity (Wildman–Crippen MR) is 77.2 cm³/mol. The molecule has 0 fully saturated rings. The molecule has 0 N–H and O–H groups in total. The first kappa shape index (κ1) is 11.2. The quantitative estimate of drug-likeness (QED) is 0.526. The Hall–Kier alpha value is -2.68. The van der Waals surface area contributed by atoms with E-state index in [0.717, 1.165) is 33.5 Å². The van der Waals surface area contributed by atoms with Gasteiger partial charge in [0.05, 0.1) is 12.8 Å². The number of methoxy groups -OCH3 is 1. The third-order valence-electron chi connectivity index (χ3n) is 3.70. The summed E-state index contributed by atoms with van der Waals surface area (Å²) in [6.45, 7) is 0. The minimum absolute atomic E-state index is 0.0489. The summed E-state index contributed by atoms with van der Waals surface area (Å²) in [6, 6.07) is 15.2. The largest absolute Gasteiger partial charge is 0.494 e. The van der Waals surface area contributed by atoms with E-state index in [4.69, 9.17) is 4.74 Å². The summed E-state index contributed by atoms with van der Waals surface area (Å²) in [5.74, 6) is 0.773. The average Bonchev–Trinajstić information content (AvgIpc) is 2.78. The van der Waals surface area contributed by atoms with Crippen LogP contribution in [0.5, 0.6) is 5.75 Å². The second kappa shape index (κ2) is 3.90. The number of fused-ring (bicyclic) bond motifs is 4. The van der Waals surface area contributed by atoms with Crippen molar-refractivity contribution in [3.8, 4) is 17.0 Å². The van der Waals surface area contributed by atoms with Gasteiger partial charge < -0.3 is 4.74 Å². The Kier molecular flexibility index (Phi) is 2.18. The highest BCUT2D eigenvalue weighted by molar-refractivity contribution is 6.22. The van der Waals surface area contributed by atoms with Crippen molar-refractivity contribution in [3.05, 3.63) is 59.7 Å². The van der Waals surface area contributed by atoms with E-state index in [9.17, 15) is 4.79 Å². The molecule has 1 aliphatic rings. The number of hydrogen-bond acceptors (Lipinski definition) is 3. The highest BCUT2D eigenvalue weighted by Crippen LogP contribution is 2.38. The monoisotopic (exact) mass is 261 g/mol. The van der Waals surface area contributed by atoms with E-state index >= 15 is 0 Å². The van der Waals surface area contributed by atoms with Gasteiger partial charge in [0, 0.05) is 22.1 Å². The van der Waals surface area contributed by atoms with E-state index in [-0.39, 0.29) is 5.78 Å². The van der Waals surface area contributed by atoms with E-state index < -0.39 is 0 Å². The number of pyridine rings is 1. The van der Waals surface area contributed by atoms with Gasteiger partial charge in [-0.2, -0.15) is 0 Å². The van der Waals surface area contributed by atoms with Crippen LogP contribution in [0.15, 0.2) is 48.5 Å². The number of benzene rings is 2. The molecule has 0 saturated heterocycles. The minimum Gasteiger partial charge on any atom is -0.494 e. The fourth-order valence-corrected chi connectivity index (χ4v) is 2.75. The topological polar surface area (TPSA) is 39.2 Å². The van der Waals surface area contributed by atoms with Crippen LogP contribution in [-0.4, -0.2) is 17.9 Å². The number of hydrogen-bond donors (Lipinski definition) is 0. The molecule has 0 amide bonds. The van der Waals surface area contributed by atoms with E-state index in [1.165, 1.54) is 0 Å². The zero-order valence-electron chi connectivity index (χ0n) is 10.9. The van der Waals surface area contributed by atoms with Gasteiger partial charge in [0.1, 0.15) is 11.3 Å². The maximum absolute atomic E-state index is 12.4. The standard InChI is InChI=1S/C17H11NO2/c1-20-14-8-4-5-10-9-13-16(18-15(10)14)11-6-2-3-7-12(11)17(13)19/h2-9H,1H3. The Morgan fingerprint density at radius 2 is 1.75 bits per heavy atom. The van der Waals surface area contributed by atoms with Crippen LogP contribution in [0, 0.1) is 0 Å². The Morgan fingerprint density at radius 3 is 2.55 bits per heavy atom. The second-order valence-corrected chi connectivity index (χ2v) is 4.79. The molecule has 0 bridgehead atoms. The molecule has 0 spiro atoms. The molecule has 0 aliphatic heterocycles. The van der Waals surface area contributed by atoms with Crippen molar-refractivity contribution in [2.45, 2.75) is 0 Å². The van der Waals surface area contributed by atoms with Crippen molar-refractivity contribution in [2.75, 3.05) is 7.11 Å². The van der Waals surface area contributed by atoms with Crippen LogP contribution in [0.4, 0.5) is 0 Å². The second-order valence-electron chi connectivity index (χ2n) is 4.79. The summed E-state index contributed by atoms with van der Waals surface area (Å²) in [5.41, 5.74) is 3.84. The number of para-hydroxylation sites is 1. The Morgan fingerprint density at radius 1 is 0.950 bits per heavy atom. The van der Waals surface area contributed by atoms with Crippen LogP contribution in [-0.2, 0) is 0 Å². The van der Waals surface area contributed by atoms with Gasteiger partial charge in [-0.3, -0.25) is 4.79 Å². The zero-order valence-corrected chi connectivity index (χ0v) is 10.9. The molecule has 3 heteroatoms. The van der Waals surface area contributed by atoms with Gasteiger partial charge in [0.2, 0.25) is 0 Å². The highest BCUT2D eigenvalue weighted by Gasteiger charge is 2.28. The third kappa shape index (κ3) is 1.35. The smallest absolute Gasteiger partial charge is 0.195 e. The Labute approximate surface area is 115 Å². The SMILES string of the molecule is COc1cccc2cc3c(nc12)-c1ccccc1C3=O. The lowest BCUT2D eigenvalue weighted by Crippen LogP contribution is -1.96. The molecule has 0 saturated carbocycles. The number of nitrogens with zero attached hydrogens (tertiary/aromatic N) is 1. The first-order chi connectivity index (χ1) is 9.79. The maximum Gasteiger partial charge on any atom is 0.195 e. The molecule has 4 rings (SSSR count).